The van der Waals surface area contributed by atoms with E-state index in [-0.39, 0.29) is 42.3 Å². The van der Waals surface area contributed by atoms with Gasteiger partial charge in [-0.1, -0.05) is 17.7 Å². The molecule has 0 amide bonds. The normalized spacial score (nSPS) is 14.7. The maximum atomic E-state index is 13.1. The predicted octanol–water partition coefficient (Wildman–Crippen LogP) is 2.42. The van der Waals surface area contributed by atoms with Crippen molar-refractivity contribution in [3.05, 3.63) is 67.3 Å². The van der Waals surface area contributed by atoms with E-state index in [1.165, 1.54) is 9.21 Å². The first-order valence-corrected chi connectivity index (χ1v) is 11.3. The third kappa shape index (κ3) is 4.64. The van der Waals surface area contributed by atoms with Crippen LogP contribution in [0.2, 0.25) is 0 Å². The van der Waals surface area contributed by atoms with Crippen LogP contribution in [0.3, 0.4) is 0 Å². The highest BCUT2D eigenvalue weighted by molar-refractivity contribution is 7.89. The number of hydrogen-bond donors (Lipinski definition) is 0. The monoisotopic (exact) mass is 478 g/mol. The highest BCUT2D eigenvalue weighted by atomic mass is 32.2. The van der Waals surface area contributed by atoms with Crippen LogP contribution >= 0.6 is 0 Å². The average Bonchev–Trinajstić information content (AvgIpc) is 2.77. The second kappa shape index (κ2) is 9.11. The molecular formula is C20H22N4O8S. The number of piperazine rings is 1. The summed E-state index contributed by atoms with van der Waals surface area (Å²) in [6, 6.07) is 6.72. The van der Waals surface area contributed by atoms with Gasteiger partial charge in [0.05, 0.1) is 33.5 Å². The van der Waals surface area contributed by atoms with Gasteiger partial charge in [0.15, 0.2) is 0 Å². The summed E-state index contributed by atoms with van der Waals surface area (Å²) in [5.74, 6) is -0.970. The third-order valence-corrected chi connectivity index (χ3v) is 7.45. The van der Waals surface area contributed by atoms with Gasteiger partial charge < -0.3 is 9.64 Å². The molecule has 1 heterocycles. The number of aryl methyl sites for hydroxylation is 2. The molecule has 1 fully saturated rings. The van der Waals surface area contributed by atoms with E-state index >= 15 is 0 Å². The Hall–Kier alpha value is -3.58. The number of nitrogens with zero attached hydrogens (tertiary/aromatic N) is 4. The number of carbonyl (C=O) groups excluding carboxylic acids is 1. The molecule has 33 heavy (non-hydrogen) atoms. The molecule has 2 aromatic rings. The van der Waals surface area contributed by atoms with Gasteiger partial charge in [-0.15, -0.1) is 0 Å². The fourth-order valence-electron chi connectivity index (χ4n) is 3.83. The molecule has 0 aromatic heterocycles. The van der Waals surface area contributed by atoms with E-state index in [0.717, 1.165) is 24.8 Å². The first kappa shape index (κ1) is 24.1. The maximum Gasteiger partial charge on any atom is 0.340 e. The van der Waals surface area contributed by atoms with Crippen molar-refractivity contribution in [3.8, 4) is 0 Å². The lowest BCUT2D eigenvalue weighted by Gasteiger charge is -2.35. The van der Waals surface area contributed by atoms with E-state index in [9.17, 15) is 33.4 Å². The van der Waals surface area contributed by atoms with Crippen molar-refractivity contribution in [2.24, 2.45) is 0 Å². The summed E-state index contributed by atoms with van der Waals surface area (Å²) < 4.78 is 32.2. The van der Waals surface area contributed by atoms with Gasteiger partial charge in [0.25, 0.3) is 11.4 Å². The molecule has 0 unspecified atom stereocenters. The number of rotatable bonds is 6. The lowest BCUT2D eigenvalue weighted by atomic mass is 10.1. The van der Waals surface area contributed by atoms with E-state index in [1.807, 2.05) is 6.92 Å². The number of sulfonamides is 1. The maximum absolute atomic E-state index is 13.1. The second-order valence-electron chi connectivity index (χ2n) is 7.53. The van der Waals surface area contributed by atoms with Crippen molar-refractivity contribution in [2.75, 3.05) is 38.2 Å². The minimum atomic E-state index is -3.80. The van der Waals surface area contributed by atoms with Gasteiger partial charge in [0.2, 0.25) is 10.0 Å². The molecule has 0 spiro atoms. The number of methoxy groups -OCH3 is 1. The smallest absolute Gasteiger partial charge is 0.340 e. The van der Waals surface area contributed by atoms with E-state index in [0.29, 0.717) is 5.56 Å². The van der Waals surface area contributed by atoms with Crippen molar-refractivity contribution in [1.29, 1.82) is 0 Å². The average molecular weight is 478 g/mol. The van der Waals surface area contributed by atoms with Crippen LogP contribution in [0.25, 0.3) is 0 Å². The molecule has 0 saturated carbocycles. The van der Waals surface area contributed by atoms with Crippen LogP contribution in [0, 0.1) is 34.1 Å². The van der Waals surface area contributed by atoms with Crippen molar-refractivity contribution < 1.29 is 27.8 Å². The third-order valence-electron chi connectivity index (χ3n) is 5.39. The first-order valence-electron chi connectivity index (χ1n) is 9.85. The second-order valence-corrected chi connectivity index (χ2v) is 9.43. The Morgan fingerprint density at radius 2 is 1.64 bits per heavy atom. The van der Waals surface area contributed by atoms with Crippen LogP contribution in [0.15, 0.2) is 35.2 Å². The molecule has 176 valence electrons. The van der Waals surface area contributed by atoms with Gasteiger partial charge in [-0.05, 0) is 25.5 Å². The van der Waals surface area contributed by atoms with Crippen molar-refractivity contribution >= 4 is 33.1 Å². The quantitative estimate of drug-likeness (QED) is 0.346. The van der Waals surface area contributed by atoms with E-state index in [1.54, 1.807) is 25.1 Å². The van der Waals surface area contributed by atoms with Crippen LogP contribution in [0.4, 0.5) is 17.1 Å². The number of benzene rings is 2. The highest BCUT2D eigenvalue weighted by Gasteiger charge is 2.35. The Kier molecular flexibility index (Phi) is 6.65. The van der Waals surface area contributed by atoms with E-state index < -0.39 is 37.2 Å². The Morgan fingerprint density at radius 3 is 2.15 bits per heavy atom. The summed E-state index contributed by atoms with van der Waals surface area (Å²) in [6.45, 7) is 3.64. The molecule has 1 aliphatic rings. The number of hydrogen-bond acceptors (Lipinski definition) is 9. The zero-order chi connectivity index (χ0) is 24.5. The van der Waals surface area contributed by atoms with Crippen LogP contribution in [0.1, 0.15) is 21.5 Å². The number of nitro benzene ring substituents is 2. The zero-order valence-corrected chi connectivity index (χ0v) is 19.0. The van der Waals surface area contributed by atoms with Gasteiger partial charge in [0.1, 0.15) is 5.69 Å². The summed E-state index contributed by atoms with van der Waals surface area (Å²) in [6.07, 6.45) is 0. The first-order chi connectivity index (χ1) is 15.5. The Bertz CT molecular complexity index is 1240. The zero-order valence-electron chi connectivity index (χ0n) is 18.2. The largest absolute Gasteiger partial charge is 0.465 e. The molecule has 1 aliphatic heterocycles. The molecular weight excluding hydrogens is 456 g/mol. The fraction of sp³-hybridized carbons (Fsp3) is 0.350. The summed E-state index contributed by atoms with van der Waals surface area (Å²) in [7, 11) is -2.74. The molecule has 0 atom stereocenters. The topological polar surface area (TPSA) is 153 Å². The number of esters is 1. The predicted molar refractivity (Wildman–Crippen MR) is 118 cm³/mol. The van der Waals surface area contributed by atoms with Crippen LogP contribution in [-0.2, 0) is 14.8 Å². The number of nitro groups is 2. The molecule has 12 nitrogen and oxygen atoms in total. The summed E-state index contributed by atoms with van der Waals surface area (Å²) in [4.78, 5) is 35.2. The highest BCUT2D eigenvalue weighted by Crippen LogP contribution is 2.37. The summed E-state index contributed by atoms with van der Waals surface area (Å²) in [5, 5.41) is 22.9. The molecule has 13 heteroatoms. The van der Waals surface area contributed by atoms with Gasteiger partial charge in [-0.25, -0.2) is 13.2 Å². The van der Waals surface area contributed by atoms with Crippen LogP contribution in [0.5, 0.6) is 0 Å². The molecule has 3 rings (SSSR count). The number of anilines is 1. The van der Waals surface area contributed by atoms with Crippen LogP contribution in [-0.4, -0.2) is 61.8 Å². The molecule has 0 radical (unpaired) electrons. The van der Waals surface area contributed by atoms with Gasteiger partial charge in [0, 0.05) is 32.2 Å². The minimum Gasteiger partial charge on any atom is -0.465 e. The molecule has 1 saturated heterocycles. The number of ether oxygens (including phenoxy) is 1. The molecule has 2 aromatic carbocycles. The van der Waals surface area contributed by atoms with Crippen molar-refractivity contribution in [2.45, 2.75) is 18.7 Å². The van der Waals surface area contributed by atoms with E-state index in [2.05, 4.69) is 4.74 Å². The van der Waals surface area contributed by atoms with E-state index in [4.69, 9.17) is 0 Å². The summed E-state index contributed by atoms with van der Waals surface area (Å²) >= 11 is 0. The fourth-order valence-corrected chi connectivity index (χ4v) is 5.45. The Labute approximate surface area is 189 Å². The Balaban J connectivity index is 1.96. The molecule has 0 N–H and O–H groups in total. The van der Waals surface area contributed by atoms with Crippen molar-refractivity contribution in [3.63, 3.8) is 0 Å². The van der Waals surface area contributed by atoms with Gasteiger partial charge in [-0.3, -0.25) is 20.2 Å². The van der Waals surface area contributed by atoms with Gasteiger partial charge >= 0.3 is 5.97 Å². The van der Waals surface area contributed by atoms with Crippen molar-refractivity contribution in [1.82, 2.24) is 4.31 Å². The standard InChI is InChI=1S/C20H22N4O8S/c1-13-4-5-18(14(2)10-13)33(30,31)22-8-6-21(7-9-22)19-16(20(25)32-3)11-15(23(26)27)12-17(19)24(28)29/h4-5,10-12H,6-9H2,1-3H3. The minimum absolute atomic E-state index is 0.00437. The number of carbonyl (C=O) groups is 1. The number of non-ortho nitro benzene ring substituents is 1. The lowest BCUT2D eigenvalue weighted by molar-refractivity contribution is -0.393. The Morgan fingerprint density at radius 1 is 1.00 bits per heavy atom. The molecule has 0 aliphatic carbocycles. The molecule has 0 bridgehead atoms. The lowest BCUT2D eigenvalue weighted by Crippen LogP contribution is -2.49. The van der Waals surface area contributed by atoms with Crippen LogP contribution < -0.4 is 4.90 Å². The van der Waals surface area contributed by atoms with Gasteiger partial charge in [-0.2, -0.15) is 4.31 Å². The summed E-state index contributed by atoms with van der Waals surface area (Å²) in [5.41, 5.74) is -0.184. The SMILES string of the molecule is COC(=O)c1cc([N+](=O)[O-])cc([N+](=O)[O-])c1N1CCN(S(=O)(=O)c2ccc(C)cc2C)CC1.